The lowest BCUT2D eigenvalue weighted by molar-refractivity contribution is 0.111. The van der Waals surface area contributed by atoms with Crippen LogP contribution < -0.4 is 0 Å². The SMILES string of the molecule is CCn1c(C=O)cnc1SC. The van der Waals surface area contributed by atoms with Crippen molar-refractivity contribution in [1.82, 2.24) is 9.55 Å². The molecule has 11 heavy (non-hydrogen) atoms. The van der Waals surface area contributed by atoms with Crippen molar-refractivity contribution in [2.75, 3.05) is 6.26 Å². The highest BCUT2D eigenvalue weighted by Gasteiger charge is 2.04. The third kappa shape index (κ3) is 1.45. The first-order chi connectivity index (χ1) is 5.33. The second-order valence-electron chi connectivity index (χ2n) is 2.03. The summed E-state index contributed by atoms with van der Waals surface area (Å²) < 4.78 is 1.89. The summed E-state index contributed by atoms with van der Waals surface area (Å²) >= 11 is 1.55. The summed E-state index contributed by atoms with van der Waals surface area (Å²) in [5, 5.41) is 0.898. The Morgan fingerprint density at radius 2 is 2.55 bits per heavy atom. The number of thioether (sulfide) groups is 1. The van der Waals surface area contributed by atoms with Gasteiger partial charge in [0.05, 0.1) is 6.20 Å². The topological polar surface area (TPSA) is 34.9 Å². The first kappa shape index (κ1) is 8.33. The van der Waals surface area contributed by atoms with Gasteiger partial charge in [0, 0.05) is 6.54 Å². The highest BCUT2D eigenvalue weighted by Crippen LogP contribution is 2.13. The quantitative estimate of drug-likeness (QED) is 0.508. The standard InChI is InChI=1S/C7H10N2OS/c1-3-9-6(5-10)4-8-7(9)11-2/h4-5H,3H2,1-2H3. The number of rotatable bonds is 3. The first-order valence-corrected chi connectivity index (χ1v) is 4.60. The smallest absolute Gasteiger partial charge is 0.168 e. The van der Waals surface area contributed by atoms with E-state index in [0.717, 1.165) is 18.0 Å². The maximum atomic E-state index is 10.4. The Morgan fingerprint density at radius 3 is 3.00 bits per heavy atom. The van der Waals surface area contributed by atoms with Gasteiger partial charge in [-0.05, 0) is 13.2 Å². The maximum Gasteiger partial charge on any atom is 0.168 e. The molecule has 0 fully saturated rings. The Labute approximate surface area is 69.8 Å². The minimum Gasteiger partial charge on any atom is -0.317 e. The van der Waals surface area contributed by atoms with Crippen LogP contribution in [0.2, 0.25) is 0 Å². The molecule has 0 saturated carbocycles. The number of aldehydes is 1. The third-order valence-electron chi connectivity index (χ3n) is 1.47. The van der Waals surface area contributed by atoms with Gasteiger partial charge in [-0.15, -0.1) is 0 Å². The fraction of sp³-hybridized carbons (Fsp3) is 0.429. The maximum absolute atomic E-state index is 10.4. The van der Waals surface area contributed by atoms with Gasteiger partial charge in [0.15, 0.2) is 11.4 Å². The van der Waals surface area contributed by atoms with Crippen LogP contribution in [0.15, 0.2) is 11.4 Å². The van der Waals surface area contributed by atoms with Crippen LogP contribution >= 0.6 is 11.8 Å². The van der Waals surface area contributed by atoms with Gasteiger partial charge in [-0.1, -0.05) is 11.8 Å². The molecule has 0 bridgehead atoms. The molecule has 60 valence electrons. The summed E-state index contributed by atoms with van der Waals surface area (Å²) in [5.41, 5.74) is 0.650. The van der Waals surface area contributed by atoms with E-state index in [1.54, 1.807) is 18.0 Å². The van der Waals surface area contributed by atoms with Crippen LogP contribution in [0, 0.1) is 0 Å². The van der Waals surface area contributed by atoms with Gasteiger partial charge < -0.3 is 4.57 Å². The highest BCUT2D eigenvalue weighted by atomic mass is 32.2. The second-order valence-corrected chi connectivity index (χ2v) is 2.81. The van der Waals surface area contributed by atoms with Crippen LogP contribution in [0.5, 0.6) is 0 Å². The van der Waals surface area contributed by atoms with E-state index in [9.17, 15) is 4.79 Å². The molecule has 3 nitrogen and oxygen atoms in total. The monoisotopic (exact) mass is 170 g/mol. The van der Waals surface area contributed by atoms with Gasteiger partial charge in [0.2, 0.25) is 0 Å². The molecule has 1 aromatic heterocycles. The zero-order valence-electron chi connectivity index (χ0n) is 6.57. The average Bonchev–Trinajstić information content (AvgIpc) is 2.45. The van der Waals surface area contributed by atoms with E-state index in [0.29, 0.717) is 5.69 Å². The molecule has 0 radical (unpaired) electrons. The van der Waals surface area contributed by atoms with E-state index in [-0.39, 0.29) is 0 Å². The Kier molecular flexibility index (Phi) is 2.70. The minimum atomic E-state index is 0.650. The molecule has 0 spiro atoms. The number of carbonyl (C=O) groups is 1. The largest absolute Gasteiger partial charge is 0.317 e. The van der Waals surface area contributed by atoms with Crippen molar-refractivity contribution in [2.24, 2.45) is 0 Å². The fourth-order valence-corrected chi connectivity index (χ4v) is 1.56. The molecule has 0 aliphatic heterocycles. The number of imidazole rings is 1. The molecule has 0 amide bonds. The van der Waals surface area contributed by atoms with E-state index in [2.05, 4.69) is 4.98 Å². The highest BCUT2D eigenvalue weighted by molar-refractivity contribution is 7.98. The molecular weight excluding hydrogens is 160 g/mol. The molecule has 0 aliphatic rings. The van der Waals surface area contributed by atoms with Gasteiger partial charge >= 0.3 is 0 Å². The van der Waals surface area contributed by atoms with Crippen molar-refractivity contribution in [3.63, 3.8) is 0 Å². The van der Waals surface area contributed by atoms with Crippen molar-refractivity contribution in [3.05, 3.63) is 11.9 Å². The van der Waals surface area contributed by atoms with Crippen molar-refractivity contribution in [2.45, 2.75) is 18.6 Å². The molecule has 4 heteroatoms. The molecule has 0 saturated heterocycles. The Bertz CT molecular complexity index is 257. The summed E-state index contributed by atoms with van der Waals surface area (Å²) in [6, 6.07) is 0. The van der Waals surface area contributed by atoms with Gasteiger partial charge in [-0.2, -0.15) is 0 Å². The molecule has 1 heterocycles. The normalized spacial score (nSPS) is 10.0. The number of carbonyl (C=O) groups excluding carboxylic acids is 1. The molecule has 0 N–H and O–H groups in total. The van der Waals surface area contributed by atoms with Crippen LogP contribution in [0.4, 0.5) is 0 Å². The van der Waals surface area contributed by atoms with Crippen molar-refractivity contribution in [1.29, 1.82) is 0 Å². The predicted molar refractivity (Wildman–Crippen MR) is 45.1 cm³/mol. The van der Waals surface area contributed by atoms with E-state index in [1.165, 1.54) is 0 Å². The van der Waals surface area contributed by atoms with Crippen LogP contribution in [-0.4, -0.2) is 22.1 Å². The summed E-state index contributed by atoms with van der Waals surface area (Å²) in [7, 11) is 0. The lowest BCUT2D eigenvalue weighted by Gasteiger charge is -2.01. The first-order valence-electron chi connectivity index (χ1n) is 3.38. The zero-order valence-corrected chi connectivity index (χ0v) is 7.39. The molecule has 1 aromatic rings. The molecule has 0 atom stereocenters. The number of nitrogens with zero attached hydrogens (tertiary/aromatic N) is 2. The Balaban J connectivity index is 3.08. The van der Waals surface area contributed by atoms with E-state index < -0.39 is 0 Å². The van der Waals surface area contributed by atoms with Crippen LogP contribution in [0.3, 0.4) is 0 Å². The van der Waals surface area contributed by atoms with Crippen LogP contribution in [0.1, 0.15) is 17.4 Å². The summed E-state index contributed by atoms with van der Waals surface area (Å²) in [5.74, 6) is 0. The Morgan fingerprint density at radius 1 is 1.82 bits per heavy atom. The number of hydrogen-bond donors (Lipinski definition) is 0. The average molecular weight is 170 g/mol. The van der Waals surface area contributed by atoms with E-state index >= 15 is 0 Å². The molecule has 0 aliphatic carbocycles. The lowest BCUT2D eigenvalue weighted by Crippen LogP contribution is -2.00. The number of aromatic nitrogens is 2. The fourth-order valence-electron chi connectivity index (χ4n) is 0.946. The molecule has 0 unspecified atom stereocenters. The second kappa shape index (κ2) is 3.57. The summed E-state index contributed by atoms with van der Waals surface area (Å²) in [6.45, 7) is 2.79. The van der Waals surface area contributed by atoms with Gasteiger partial charge in [-0.25, -0.2) is 4.98 Å². The zero-order chi connectivity index (χ0) is 8.27. The van der Waals surface area contributed by atoms with Gasteiger partial charge in [0.25, 0.3) is 0 Å². The summed E-state index contributed by atoms with van der Waals surface area (Å²) in [6.07, 6.45) is 4.38. The van der Waals surface area contributed by atoms with Crippen LogP contribution in [0.25, 0.3) is 0 Å². The van der Waals surface area contributed by atoms with Crippen molar-refractivity contribution < 1.29 is 4.79 Å². The van der Waals surface area contributed by atoms with Crippen molar-refractivity contribution >= 4 is 18.0 Å². The van der Waals surface area contributed by atoms with E-state index in [1.807, 2.05) is 17.7 Å². The van der Waals surface area contributed by atoms with Crippen LogP contribution in [-0.2, 0) is 6.54 Å². The lowest BCUT2D eigenvalue weighted by atomic mass is 10.5. The van der Waals surface area contributed by atoms with Gasteiger partial charge in [0.1, 0.15) is 5.69 Å². The minimum absolute atomic E-state index is 0.650. The Hall–Kier alpha value is -0.770. The molecule has 0 aromatic carbocycles. The van der Waals surface area contributed by atoms with E-state index in [4.69, 9.17) is 0 Å². The number of hydrogen-bond acceptors (Lipinski definition) is 3. The van der Waals surface area contributed by atoms with Gasteiger partial charge in [-0.3, -0.25) is 4.79 Å². The molecule has 1 rings (SSSR count). The summed E-state index contributed by atoms with van der Waals surface area (Å²) in [4.78, 5) is 14.5. The van der Waals surface area contributed by atoms with Crippen molar-refractivity contribution in [3.8, 4) is 0 Å². The molecular formula is C7H10N2OS. The third-order valence-corrected chi connectivity index (χ3v) is 2.16. The predicted octanol–water partition coefficient (Wildman–Crippen LogP) is 1.44.